The lowest BCUT2D eigenvalue weighted by molar-refractivity contribution is -0.494. The molecule has 2 aromatic rings. The van der Waals surface area contributed by atoms with Crippen LogP contribution in [0, 0.1) is 12.7 Å². The van der Waals surface area contributed by atoms with Crippen LogP contribution in [-0.4, -0.2) is 20.3 Å². The fraction of sp³-hybridized carbons (Fsp3) is 0.235. The van der Waals surface area contributed by atoms with Crippen molar-refractivity contribution in [2.45, 2.75) is 31.7 Å². The van der Waals surface area contributed by atoms with Crippen molar-refractivity contribution in [1.29, 1.82) is 0 Å². The third kappa shape index (κ3) is 4.63. The highest BCUT2D eigenvalue weighted by Crippen LogP contribution is 2.10. The molecule has 0 fully saturated rings. The van der Waals surface area contributed by atoms with Crippen molar-refractivity contribution in [2.75, 3.05) is 0 Å². The SMILES string of the molecule is Cc1ccc(S(=O)(=O)NC(=[NH+]C(C)C)c2ccc(F)cc2)cc1. The van der Waals surface area contributed by atoms with Crippen molar-refractivity contribution in [3.63, 3.8) is 0 Å². The lowest BCUT2D eigenvalue weighted by Crippen LogP contribution is -2.80. The molecule has 0 unspecified atom stereocenters. The molecule has 6 heteroatoms. The smallest absolute Gasteiger partial charge is 0.271 e. The van der Waals surface area contributed by atoms with Gasteiger partial charge in [0.15, 0.2) is 0 Å². The highest BCUT2D eigenvalue weighted by Gasteiger charge is 2.23. The molecule has 0 atom stereocenters. The number of rotatable bonds is 4. The van der Waals surface area contributed by atoms with Crippen LogP contribution in [0.1, 0.15) is 25.0 Å². The standard InChI is InChI=1S/C17H19FN2O2S/c1-12(2)19-17(14-6-8-15(18)9-7-14)20-23(21,22)16-10-4-13(3)5-11-16/h4-12H,1-3H3,(H,19,20)/p+1. The third-order valence-corrected chi connectivity index (χ3v) is 4.50. The number of hydrogen-bond acceptors (Lipinski definition) is 2. The molecule has 122 valence electrons. The average molecular weight is 335 g/mol. The van der Waals surface area contributed by atoms with E-state index in [0.29, 0.717) is 11.4 Å². The second-order valence-electron chi connectivity index (χ2n) is 5.60. The van der Waals surface area contributed by atoms with Crippen LogP contribution in [0.4, 0.5) is 4.39 Å². The number of aryl methyl sites for hydroxylation is 1. The summed E-state index contributed by atoms with van der Waals surface area (Å²) >= 11 is 0. The van der Waals surface area contributed by atoms with Gasteiger partial charge >= 0.3 is 10.0 Å². The topological polar surface area (TPSA) is 60.1 Å². The van der Waals surface area contributed by atoms with Gasteiger partial charge in [-0.2, -0.15) is 13.1 Å². The van der Waals surface area contributed by atoms with Crippen molar-refractivity contribution >= 4 is 15.9 Å². The molecule has 4 nitrogen and oxygen atoms in total. The van der Waals surface area contributed by atoms with Gasteiger partial charge in [0, 0.05) is 0 Å². The van der Waals surface area contributed by atoms with Crippen molar-refractivity contribution in [3.8, 4) is 0 Å². The predicted octanol–water partition coefficient (Wildman–Crippen LogP) is 1.35. The van der Waals surface area contributed by atoms with Crippen LogP contribution in [0.3, 0.4) is 0 Å². The highest BCUT2D eigenvalue weighted by atomic mass is 32.2. The van der Waals surface area contributed by atoms with Crippen LogP contribution in [0.25, 0.3) is 0 Å². The Morgan fingerprint density at radius 1 is 1.04 bits per heavy atom. The zero-order chi connectivity index (χ0) is 17.0. The second kappa shape index (κ2) is 6.91. The number of amidine groups is 1. The van der Waals surface area contributed by atoms with Gasteiger partial charge in [0.05, 0.1) is 11.6 Å². The van der Waals surface area contributed by atoms with Gasteiger partial charge in [0.25, 0.3) is 5.84 Å². The molecule has 0 bridgehead atoms. The van der Waals surface area contributed by atoms with E-state index in [0.717, 1.165) is 5.56 Å². The van der Waals surface area contributed by atoms with Gasteiger partial charge in [-0.25, -0.2) is 4.39 Å². The zero-order valence-corrected chi connectivity index (χ0v) is 14.1. The van der Waals surface area contributed by atoms with Crippen molar-refractivity contribution in [1.82, 2.24) is 4.72 Å². The molecule has 2 N–H and O–H groups in total. The van der Waals surface area contributed by atoms with E-state index in [1.165, 1.54) is 24.3 Å². The summed E-state index contributed by atoms with van der Waals surface area (Å²) in [6.45, 7) is 5.67. The average Bonchev–Trinajstić information content (AvgIpc) is 2.47. The summed E-state index contributed by atoms with van der Waals surface area (Å²) < 4.78 is 40.7. The minimum Gasteiger partial charge on any atom is -0.271 e. The Morgan fingerprint density at radius 2 is 1.61 bits per heavy atom. The number of sulfonamides is 1. The van der Waals surface area contributed by atoms with E-state index in [-0.39, 0.29) is 16.8 Å². The van der Waals surface area contributed by atoms with Gasteiger partial charge in [-0.1, -0.05) is 17.7 Å². The van der Waals surface area contributed by atoms with E-state index >= 15 is 0 Å². The summed E-state index contributed by atoms with van der Waals surface area (Å²) in [6, 6.07) is 12.2. The summed E-state index contributed by atoms with van der Waals surface area (Å²) in [5.74, 6) is -0.0559. The molecule has 0 amide bonds. The molecule has 0 aliphatic heterocycles. The molecule has 0 aromatic heterocycles. The van der Waals surface area contributed by atoms with Gasteiger partial charge < -0.3 is 0 Å². The van der Waals surface area contributed by atoms with E-state index < -0.39 is 10.0 Å². The number of benzene rings is 2. The van der Waals surface area contributed by atoms with Crippen LogP contribution in [-0.2, 0) is 10.0 Å². The van der Waals surface area contributed by atoms with Crippen LogP contribution >= 0.6 is 0 Å². The largest absolute Gasteiger partial charge is 0.328 e. The van der Waals surface area contributed by atoms with E-state index in [2.05, 4.69) is 9.71 Å². The number of halogens is 1. The molecule has 23 heavy (non-hydrogen) atoms. The fourth-order valence-corrected chi connectivity index (χ4v) is 3.05. The first-order valence-electron chi connectivity index (χ1n) is 7.27. The maximum atomic E-state index is 13.1. The van der Waals surface area contributed by atoms with Crippen molar-refractivity contribution in [2.24, 2.45) is 0 Å². The fourth-order valence-electron chi connectivity index (χ4n) is 1.99. The van der Waals surface area contributed by atoms with Gasteiger partial charge in [0.1, 0.15) is 10.7 Å². The lowest BCUT2D eigenvalue weighted by Gasteiger charge is -2.07. The van der Waals surface area contributed by atoms with Crippen LogP contribution < -0.4 is 9.71 Å². The monoisotopic (exact) mass is 335 g/mol. The Balaban J connectivity index is 2.38. The first-order chi connectivity index (χ1) is 10.8. The molecular weight excluding hydrogens is 315 g/mol. The molecule has 0 aliphatic rings. The van der Waals surface area contributed by atoms with Gasteiger partial charge in [-0.3, -0.25) is 4.99 Å². The van der Waals surface area contributed by atoms with E-state index in [9.17, 15) is 12.8 Å². The second-order valence-corrected chi connectivity index (χ2v) is 7.28. The Kier molecular flexibility index (Phi) is 5.15. The quantitative estimate of drug-likeness (QED) is 0.654. The summed E-state index contributed by atoms with van der Waals surface area (Å²) in [4.78, 5) is 3.23. The Bertz CT molecular complexity index is 795. The maximum absolute atomic E-state index is 13.1. The Hall–Kier alpha value is -2.21. The highest BCUT2D eigenvalue weighted by molar-refractivity contribution is 7.90. The zero-order valence-electron chi connectivity index (χ0n) is 13.3. The van der Waals surface area contributed by atoms with Crippen LogP contribution in [0.2, 0.25) is 0 Å². The summed E-state index contributed by atoms with van der Waals surface area (Å²) in [6.07, 6.45) is 0. The molecule has 0 radical (unpaired) electrons. The molecule has 0 heterocycles. The first kappa shape index (κ1) is 17.1. The van der Waals surface area contributed by atoms with Crippen molar-refractivity contribution in [3.05, 3.63) is 65.5 Å². The summed E-state index contributed by atoms with van der Waals surface area (Å²) in [7, 11) is -3.72. The molecule has 0 saturated carbocycles. The molecular formula is C17H20FN2O2S+. The van der Waals surface area contributed by atoms with Crippen molar-refractivity contribution < 1.29 is 17.8 Å². The molecule has 0 spiro atoms. The lowest BCUT2D eigenvalue weighted by atomic mass is 10.2. The van der Waals surface area contributed by atoms with Gasteiger partial charge in [-0.15, -0.1) is 0 Å². The Labute approximate surface area is 136 Å². The van der Waals surface area contributed by atoms with E-state index in [1.54, 1.807) is 24.3 Å². The van der Waals surface area contributed by atoms with Crippen LogP contribution in [0.5, 0.6) is 0 Å². The summed E-state index contributed by atoms with van der Waals surface area (Å²) in [5, 5.41) is 0. The molecule has 0 saturated heterocycles. The minimum absolute atomic E-state index is 0.00997. The summed E-state index contributed by atoms with van der Waals surface area (Å²) in [5.41, 5.74) is 1.54. The molecule has 2 rings (SSSR count). The predicted molar refractivity (Wildman–Crippen MR) is 88.1 cm³/mol. The van der Waals surface area contributed by atoms with E-state index in [4.69, 9.17) is 0 Å². The molecule has 0 aliphatic carbocycles. The third-order valence-electron chi connectivity index (χ3n) is 3.13. The van der Waals surface area contributed by atoms with E-state index in [1.807, 2.05) is 20.8 Å². The number of nitrogens with one attached hydrogen (secondary N) is 2. The van der Waals surface area contributed by atoms with Crippen LogP contribution in [0.15, 0.2) is 53.4 Å². The van der Waals surface area contributed by atoms with Gasteiger partial charge in [-0.05, 0) is 57.2 Å². The number of hydrogen-bond donors (Lipinski definition) is 2. The minimum atomic E-state index is -3.72. The normalized spacial score (nSPS) is 12.5. The maximum Gasteiger partial charge on any atom is 0.328 e. The first-order valence-corrected chi connectivity index (χ1v) is 8.75. The molecule has 2 aromatic carbocycles. The Morgan fingerprint density at radius 3 is 2.13 bits per heavy atom. The van der Waals surface area contributed by atoms with Gasteiger partial charge in [0.2, 0.25) is 0 Å².